The van der Waals surface area contributed by atoms with Gasteiger partial charge in [-0.1, -0.05) is 41.9 Å². The van der Waals surface area contributed by atoms with Crippen molar-refractivity contribution < 1.29 is 13.5 Å². The van der Waals surface area contributed by atoms with Crippen LogP contribution in [0.3, 0.4) is 0 Å². The summed E-state index contributed by atoms with van der Waals surface area (Å²) >= 11 is 7.74. The summed E-state index contributed by atoms with van der Waals surface area (Å²) in [6.45, 7) is 2.85. The maximum absolute atomic E-state index is 12.8. The number of rotatable bonds is 6. The zero-order valence-electron chi connectivity index (χ0n) is 15.9. The molecule has 5 nitrogen and oxygen atoms in total. The number of hydrogen-bond donors (Lipinski definition) is 1. The summed E-state index contributed by atoms with van der Waals surface area (Å²) in [5.74, 6) is 0. The Morgan fingerprint density at radius 1 is 1.03 bits per heavy atom. The first-order valence-electron chi connectivity index (χ1n) is 9.58. The molecule has 154 valence electrons. The van der Waals surface area contributed by atoms with Gasteiger partial charge in [-0.3, -0.25) is 0 Å². The Balaban J connectivity index is 1.34. The van der Waals surface area contributed by atoms with Gasteiger partial charge in [-0.25, -0.2) is 8.42 Å². The number of fused-ring (bicyclic) bond motifs is 1. The summed E-state index contributed by atoms with van der Waals surface area (Å²) in [6.07, 6.45) is 0.105. The van der Waals surface area contributed by atoms with Gasteiger partial charge in [-0.05, 0) is 40.9 Å². The van der Waals surface area contributed by atoms with Crippen molar-refractivity contribution in [3.05, 3.63) is 64.5 Å². The number of aliphatic hydroxyl groups is 1. The van der Waals surface area contributed by atoms with E-state index in [-0.39, 0.29) is 9.92 Å². The summed E-state index contributed by atoms with van der Waals surface area (Å²) in [5, 5.41) is 14.1. The molecule has 1 aliphatic rings. The van der Waals surface area contributed by atoms with Crippen LogP contribution in [0.5, 0.6) is 0 Å². The Morgan fingerprint density at radius 2 is 1.72 bits per heavy atom. The lowest BCUT2D eigenvalue weighted by Crippen LogP contribution is -2.48. The largest absolute Gasteiger partial charge is 0.388 e. The summed E-state index contributed by atoms with van der Waals surface area (Å²) in [5.41, 5.74) is 0.977. The number of piperazine rings is 1. The predicted molar refractivity (Wildman–Crippen MR) is 118 cm³/mol. The third kappa shape index (κ3) is 4.35. The second kappa shape index (κ2) is 8.71. The minimum absolute atomic E-state index is 0.162. The molecule has 1 unspecified atom stereocenters. The van der Waals surface area contributed by atoms with E-state index in [1.54, 1.807) is 35.6 Å². The van der Waals surface area contributed by atoms with E-state index in [0.717, 1.165) is 17.5 Å². The number of thiophene rings is 1. The lowest BCUT2D eigenvalue weighted by molar-refractivity contribution is 0.126. The van der Waals surface area contributed by atoms with Crippen molar-refractivity contribution in [3.63, 3.8) is 0 Å². The van der Waals surface area contributed by atoms with Gasteiger partial charge in [0.1, 0.15) is 4.90 Å². The molecule has 0 spiro atoms. The number of benzene rings is 2. The fourth-order valence-electron chi connectivity index (χ4n) is 3.70. The van der Waals surface area contributed by atoms with Crippen LogP contribution < -0.4 is 0 Å². The van der Waals surface area contributed by atoms with Crippen molar-refractivity contribution in [2.75, 3.05) is 32.7 Å². The highest BCUT2D eigenvalue weighted by Crippen LogP contribution is 2.32. The van der Waals surface area contributed by atoms with Gasteiger partial charge in [0.15, 0.2) is 0 Å². The van der Waals surface area contributed by atoms with Crippen LogP contribution in [0, 0.1) is 0 Å². The lowest BCUT2D eigenvalue weighted by Gasteiger charge is -2.34. The van der Waals surface area contributed by atoms with Crippen LogP contribution in [-0.2, 0) is 10.0 Å². The van der Waals surface area contributed by atoms with Gasteiger partial charge in [-0.2, -0.15) is 4.31 Å². The summed E-state index contributed by atoms with van der Waals surface area (Å²) in [7, 11) is -3.58. The highest BCUT2D eigenvalue weighted by Gasteiger charge is 2.30. The average Bonchev–Trinajstić information content (AvgIpc) is 3.17. The molecule has 8 heteroatoms. The molecule has 4 rings (SSSR count). The van der Waals surface area contributed by atoms with Gasteiger partial charge in [-0.15, -0.1) is 11.3 Å². The lowest BCUT2D eigenvalue weighted by atomic mass is 10.1. The van der Waals surface area contributed by atoms with E-state index in [2.05, 4.69) is 11.0 Å². The van der Waals surface area contributed by atoms with Crippen LogP contribution in [0.1, 0.15) is 18.1 Å². The van der Waals surface area contributed by atoms with Gasteiger partial charge in [0.05, 0.1) is 11.1 Å². The molecule has 1 atom stereocenters. The first kappa shape index (κ1) is 20.8. The van der Waals surface area contributed by atoms with E-state index < -0.39 is 16.1 Å². The molecule has 1 fully saturated rings. The van der Waals surface area contributed by atoms with E-state index in [1.165, 1.54) is 9.01 Å². The highest BCUT2D eigenvalue weighted by molar-refractivity contribution is 7.89. The second-order valence-electron chi connectivity index (χ2n) is 7.17. The maximum atomic E-state index is 12.8. The van der Waals surface area contributed by atoms with Crippen molar-refractivity contribution >= 4 is 43.0 Å². The standard InChI is InChI=1S/C21H23ClN2O3S2/c22-18-6-2-4-8-21(18)29(26,27)24-13-11-23(12-14-24)10-9-19(25)17-15-28-20-7-3-1-5-16(17)20/h1-8,15,19,25H,9-14H2. The van der Waals surface area contributed by atoms with Gasteiger partial charge < -0.3 is 10.0 Å². The third-order valence-electron chi connectivity index (χ3n) is 5.37. The fourth-order valence-corrected chi connectivity index (χ4v) is 6.63. The van der Waals surface area contributed by atoms with E-state index in [1.807, 2.05) is 23.6 Å². The van der Waals surface area contributed by atoms with Crippen LogP contribution in [0.15, 0.2) is 58.8 Å². The maximum Gasteiger partial charge on any atom is 0.244 e. The topological polar surface area (TPSA) is 60.9 Å². The Bertz CT molecular complexity index is 1090. The molecule has 2 aromatic carbocycles. The van der Waals surface area contributed by atoms with E-state index >= 15 is 0 Å². The highest BCUT2D eigenvalue weighted by atomic mass is 35.5. The monoisotopic (exact) mass is 450 g/mol. The molecule has 29 heavy (non-hydrogen) atoms. The molecule has 0 saturated carbocycles. The smallest absolute Gasteiger partial charge is 0.244 e. The molecule has 1 N–H and O–H groups in total. The molecular formula is C21H23ClN2O3S2. The van der Waals surface area contributed by atoms with Gasteiger partial charge in [0.25, 0.3) is 0 Å². The number of halogens is 1. The Labute approximate surface area is 180 Å². The van der Waals surface area contributed by atoms with Crippen molar-refractivity contribution in [1.29, 1.82) is 0 Å². The first-order chi connectivity index (χ1) is 14.0. The molecule has 1 aliphatic heterocycles. The molecule has 0 radical (unpaired) electrons. The average molecular weight is 451 g/mol. The molecule has 1 aromatic heterocycles. The summed E-state index contributed by atoms with van der Waals surface area (Å²) in [6, 6.07) is 14.7. The molecule has 2 heterocycles. The number of sulfonamides is 1. The Morgan fingerprint density at radius 3 is 2.48 bits per heavy atom. The van der Waals surface area contributed by atoms with Gasteiger partial charge in [0.2, 0.25) is 10.0 Å². The Kier molecular flexibility index (Phi) is 6.24. The SMILES string of the molecule is O=S(=O)(c1ccccc1Cl)N1CCN(CCC(O)c2csc3ccccc23)CC1. The summed E-state index contributed by atoms with van der Waals surface area (Å²) in [4.78, 5) is 2.37. The predicted octanol–water partition coefficient (Wildman–Crippen LogP) is 3.98. The number of nitrogens with zero attached hydrogens (tertiary/aromatic N) is 2. The van der Waals surface area contributed by atoms with Crippen molar-refractivity contribution in [2.45, 2.75) is 17.4 Å². The molecule has 1 saturated heterocycles. The van der Waals surface area contributed by atoms with Crippen LogP contribution >= 0.6 is 22.9 Å². The molecular weight excluding hydrogens is 428 g/mol. The third-order valence-corrected chi connectivity index (χ3v) is 8.75. The molecule has 3 aromatic rings. The molecule has 0 amide bonds. The minimum Gasteiger partial charge on any atom is -0.388 e. The van der Waals surface area contributed by atoms with Crippen molar-refractivity contribution in [2.24, 2.45) is 0 Å². The van der Waals surface area contributed by atoms with E-state index in [9.17, 15) is 13.5 Å². The van der Waals surface area contributed by atoms with E-state index in [4.69, 9.17) is 11.6 Å². The normalized spacial score (nSPS) is 17.6. The van der Waals surface area contributed by atoms with Crippen molar-refractivity contribution in [3.8, 4) is 0 Å². The number of hydrogen-bond acceptors (Lipinski definition) is 5. The summed E-state index contributed by atoms with van der Waals surface area (Å²) < 4.78 is 28.4. The zero-order valence-corrected chi connectivity index (χ0v) is 18.3. The van der Waals surface area contributed by atoms with Gasteiger partial charge >= 0.3 is 0 Å². The van der Waals surface area contributed by atoms with Crippen molar-refractivity contribution in [1.82, 2.24) is 9.21 Å². The fraction of sp³-hybridized carbons (Fsp3) is 0.333. The molecule has 0 aliphatic carbocycles. The quantitative estimate of drug-likeness (QED) is 0.617. The van der Waals surface area contributed by atoms with Crippen LogP contribution in [0.4, 0.5) is 0 Å². The van der Waals surface area contributed by atoms with Gasteiger partial charge in [0, 0.05) is 37.4 Å². The molecule has 0 bridgehead atoms. The minimum atomic E-state index is -3.58. The zero-order chi connectivity index (χ0) is 20.4. The second-order valence-corrected chi connectivity index (χ2v) is 10.4. The number of aliphatic hydroxyl groups excluding tert-OH is 1. The van der Waals surface area contributed by atoms with Crippen LogP contribution in [-0.4, -0.2) is 55.5 Å². The first-order valence-corrected chi connectivity index (χ1v) is 12.3. The van der Waals surface area contributed by atoms with Crippen LogP contribution in [0.2, 0.25) is 5.02 Å². The Hall–Kier alpha value is -1.48. The van der Waals surface area contributed by atoms with E-state index in [0.29, 0.717) is 32.6 Å². The van der Waals surface area contributed by atoms with Crippen LogP contribution in [0.25, 0.3) is 10.1 Å².